The lowest BCUT2D eigenvalue weighted by atomic mass is 9.90. The largest absolute Gasteiger partial charge is 0.381 e. The van der Waals surface area contributed by atoms with Crippen LogP contribution in [0.1, 0.15) is 18.1 Å². The van der Waals surface area contributed by atoms with Gasteiger partial charge in [0.1, 0.15) is 5.60 Å². The van der Waals surface area contributed by atoms with Crippen molar-refractivity contribution in [3.8, 4) is 0 Å². The van der Waals surface area contributed by atoms with Crippen molar-refractivity contribution in [2.24, 2.45) is 0 Å². The summed E-state index contributed by atoms with van der Waals surface area (Å²) in [6.07, 6.45) is 3.44. The molecule has 0 spiro atoms. The van der Waals surface area contributed by atoms with Crippen molar-refractivity contribution < 1.29 is 5.11 Å². The molecule has 1 saturated heterocycles. The molecule has 0 aliphatic carbocycles. The lowest BCUT2D eigenvalue weighted by Crippen LogP contribution is -2.44. The van der Waals surface area contributed by atoms with Crippen molar-refractivity contribution in [3.63, 3.8) is 0 Å². The minimum atomic E-state index is -1.08. The lowest BCUT2D eigenvalue weighted by Gasteiger charge is -2.28. The third kappa shape index (κ3) is 2.89. The first-order valence-corrected chi connectivity index (χ1v) is 7.24. The Morgan fingerprint density at radius 1 is 1.05 bits per heavy atom. The minimum absolute atomic E-state index is 0.701. The zero-order valence-corrected chi connectivity index (χ0v) is 12.2. The molecule has 2 heterocycles. The van der Waals surface area contributed by atoms with Crippen molar-refractivity contribution in [1.29, 1.82) is 0 Å². The molecular weight excluding hydrogens is 264 g/mol. The molecule has 2 N–H and O–H groups in total. The van der Waals surface area contributed by atoms with E-state index in [4.69, 9.17) is 0 Å². The molecule has 1 unspecified atom stereocenters. The highest BCUT2D eigenvalue weighted by molar-refractivity contribution is 5.36. The predicted molar refractivity (Wildman–Crippen MR) is 82.2 cm³/mol. The van der Waals surface area contributed by atoms with Crippen LogP contribution in [-0.4, -0.2) is 41.3 Å². The second-order valence-electron chi connectivity index (χ2n) is 5.45. The number of aliphatic hydroxyl groups is 1. The SMILES string of the molecule is CC(O)(c1ccccc1)c1cnc(N2CCNCC2)nc1. The summed E-state index contributed by atoms with van der Waals surface area (Å²) in [5, 5.41) is 14.1. The van der Waals surface area contributed by atoms with Crippen molar-refractivity contribution in [1.82, 2.24) is 15.3 Å². The van der Waals surface area contributed by atoms with E-state index in [1.54, 1.807) is 19.3 Å². The highest BCUT2D eigenvalue weighted by Gasteiger charge is 2.26. The Hall–Kier alpha value is -1.98. The second-order valence-corrected chi connectivity index (χ2v) is 5.45. The molecule has 1 aliphatic rings. The summed E-state index contributed by atoms with van der Waals surface area (Å²) >= 11 is 0. The fourth-order valence-electron chi connectivity index (χ4n) is 2.53. The summed E-state index contributed by atoms with van der Waals surface area (Å²) < 4.78 is 0. The van der Waals surface area contributed by atoms with E-state index in [2.05, 4.69) is 20.2 Å². The van der Waals surface area contributed by atoms with Gasteiger partial charge in [-0.15, -0.1) is 0 Å². The van der Waals surface area contributed by atoms with Gasteiger partial charge in [0.05, 0.1) is 0 Å². The molecule has 3 rings (SSSR count). The molecule has 1 aliphatic heterocycles. The predicted octanol–water partition coefficient (Wildman–Crippen LogP) is 1.14. The number of benzene rings is 1. The van der Waals surface area contributed by atoms with Crippen LogP contribution < -0.4 is 10.2 Å². The molecule has 5 nitrogen and oxygen atoms in total. The highest BCUT2D eigenvalue weighted by Crippen LogP contribution is 2.28. The molecule has 0 amide bonds. The van der Waals surface area contributed by atoms with Gasteiger partial charge < -0.3 is 15.3 Å². The smallest absolute Gasteiger partial charge is 0.225 e. The van der Waals surface area contributed by atoms with Crippen molar-refractivity contribution in [3.05, 3.63) is 53.9 Å². The zero-order valence-electron chi connectivity index (χ0n) is 12.2. The summed E-state index contributed by atoms with van der Waals surface area (Å²) in [7, 11) is 0. The fourth-order valence-corrected chi connectivity index (χ4v) is 2.53. The molecule has 110 valence electrons. The highest BCUT2D eigenvalue weighted by atomic mass is 16.3. The van der Waals surface area contributed by atoms with E-state index in [-0.39, 0.29) is 0 Å². The average Bonchev–Trinajstić information content (AvgIpc) is 2.57. The molecule has 21 heavy (non-hydrogen) atoms. The van der Waals surface area contributed by atoms with Gasteiger partial charge >= 0.3 is 0 Å². The molecule has 0 bridgehead atoms. The molecule has 1 atom stereocenters. The van der Waals surface area contributed by atoms with Gasteiger partial charge in [0.25, 0.3) is 0 Å². The fraction of sp³-hybridized carbons (Fsp3) is 0.375. The molecular formula is C16H20N4O. The van der Waals surface area contributed by atoms with Gasteiger partial charge in [0, 0.05) is 44.1 Å². The van der Waals surface area contributed by atoms with Crippen molar-refractivity contribution >= 4 is 5.95 Å². The Balaban J connectivity index is 1.83. The van der Waals surface area contributed by atoms with Gasteiger partial charge in [-0.1, -0.05) is 30.3 Å². The number of hydrogen-bond acceptors (Lipinski definition) is 5. The van der Waals surface area contributed by atoms with Gasteiger partial charge in [-0.3, -0.25) is 0 Å². The molecule has 5 heteroatoms. The molecule has 2 aromatic rings. The maximum Gasteiger partial charge on any atom is 0.225 e. The number of rotatable bonds is 3. The standard InChI is InChI=1S/C16H20N4O/c1-16(21,13-5-3-2-4-6-13)14-11-18-15(19-12-14)20-9-7-17-8-10-20/h2-6,11-12,17,21H,7-10H2,1H3. The van der Waals surface area contributed by atoms with Crippen LogP contribution in [0.4, 0.5) is 5.95 Å². The monoisotopic (exact) mass is 284 g/mol. The Morgan fingerprint density at radius 2 is 1.67 bits per heavy atom. The summed E-state index contributed by atoms with van der Waals surface area (Å²) in [6, 6.07) is 9.58. The van der Waals surface area contributed by atoms with E-state index in [9.17, 15) is 5.11 Å². The maximum absolute atomic E-state index is 10.8. The number of piperazine rings is 1. The van der Waals surface area contributed by atoms with E-state index in [1.165, 1.54) is 0 Å². The first kappa shape index (κ1) is 14.0. The Bertz CT molecular complexity index is 577. The summed E-state index contributed by atoms with van der Waals surface area (Å²) in [6.45, 7) is 5.49. The molecule has 0 saturated carbocycles. The van der Waals surface area contributed by atoms with Crippen LogP contribution in [0.3, 0.4) is 0 Å². The minimum Gasteiger partial charge on any atom is -0.381 e. The topological polar surface area (TPSA) is 61.3 Å². The van der Waals surface area contributed by atoms with Crippen LogP contribution in [0.15, 0.2) is 42.7 Å². The summed E-state index contributed by atoms with van der Waals surface area (Å²) in [4.78, 5) is 11.0. The quantitative estimate of drug-likeness (QED) is 0.885. The first-order chi connectivity index (χ1) is 10.2. The molecule has 1 fully saturated rings. The van der Waals surface area contributed by atoms with Crippen LogP contribution in [-0.2, 0) is 5.60 Å². The zero-order chi connectivity index (χ0) is 14.7. The number of anilines is 1. The van der Waals surface area contributed by atoms with Gasteiger partial charge in [0.2, 0.25) is 5.95 Å². The van der Waals surface area contributed by atoms with E-state index < -0.39 is 5.60 Å². The Kier molecular flexibility index (Phi) is 3.86. The van der Waals surface area contributed by atoms with E-state index >= 15 is 0 Å². The van der Waals surface area contributed by atoms with E-state index in [0.717, 1.165) is 37.7 Å². The molecule has 1 aromatic heterocycles. The van der Waals surface area contributed by atoms with Gasteiger partial charge in [-0.25, -0.2) is 9.97 Å². The number of aromatic nitrogens is 2. The van der Waals surface area contributed by atoms with Crippen molar-refractivity contribution in [2.45, 2.75) is 12.5 Å². The third-order valence-corrected chi connectivity index (χ3v) is 3.94. The van der Waals surface area contributed by atoms with Gasteiger partial charge in [-0.2, -0.15) is 0 Å². The summed E-state index contributed by atoms with van der Waals surface area (Å²) in [5.41, 5.74) is 0.458. The van der Waals surface area contributed by atoms with Crippen LogP contribution in [0.25, 0.3) is 0 Å². The normalized spacial score (nSPS) is 18.3. The van der Waals surface area contributed by atoms with Crippen LogP contribution in [0.2, 0.25) is 0 Å². The Morgan fingerprint density at radius 3 is 2.29 bits per heavy atom. The van der Waals surface area contributed by atoms with Crippen LogP contribution in [0.5, 0.6) is 0 Å². The van der Waals surface area contributed by atoms with E-state index in [0.29, 0.717) is 5.56 Å². The number of hydrogen-bond donors (Lipinski definition) is 2. The van der Waals surface area contributed by atoms with Crippen molar-refractivity contribution in [2.75, 3.05) is 31.1 Å². The molecule has 1 aromatic carbocycles. The first-order valence-electron chi connectivity index (χ1n) is 7.24. The summed E-state index contributed by atoms with van der Waals surface area (Å²) in [5.74, 6) is 0.726. The van der Waals surface area contributed by atoms with Gasteiger partial charge in [0.15, 0.2) is 0 Å². The number of nitrogens with one attached hydrogen (secondary N) is 1. The third-order valence-electron chi connectivity index (χ3n) is 3.94. The van der Waals surface area contributed by atoms with Gasteiger partial charge in [-0.05, 0) is 12.5 Å². The van der Waals surface area contributed by atoms with E-state index in [1.807, 2.05) is 30.3 Å². The average molecular weight is 284 g/mol. The number of nitrogens with zero attached hydrogens (tertiary/aromatic N) is 3. The van der Waals surface area contributed by atoms with Crippen LogP contribution >= 0.6 is 0 Å². The van der Waals surface area contributed by atoms with Crippen LogP contribution in [0, 0.1) is 0 Å². The lowest BCUT2D eigenvalue weighted by molar-refractivity contribution is 0.101. The maximum atomic E-state index is 10.8. The second kappa shape index (κ2) is 5.79. The Labute approximate surface area is 124 Å². The molecule has 0 radical (unpaired) electrons.